The summed E-state index contributed by atoms with van der Waals surface area (Å²) in [5, 5.41) is 23.7. The predicted octanol–water partition coefficient (Wildman–Crippen LogP) is 1.51. The fourth-order valence-corrected chi connectivity index (χ4v) is 6.41. The fourth-order valence-electron chi connectivity index (χ4n) is 4.44. The maximum atomic E-state index is 13.6. The van der Waals surface area contributed by atoms with E-state index < -0.39 is 32.3 Å². The smallest absolute Gasteiger partial charge is 0.250 e. The van der Waals surface area contributed by atoms with E-state index in [1.54, 1.807) is 38.5 Å². The third-order valence-electron chi connectivity index (χ3n) is 6.84. The molecule has 4 rings (SSSR count). The van der Waals surface area contributed by atoms with Crippen molar-refractivity contribution < 1.29 is 36.5 Å². The summed E-state index contributed by atoms with van der Waals surface area (Å²) in [6, 6.07) is 19.1. The number of benzene rings is 2. The lowest BCUT2D eigenvalue weighted by molar-refractivity contribution is 0.171. The van der Waals surface area contributed by atoms with Crippen LogP contribution in [0, 0.1) is 0 Å². The fraction of sp³-hybridized carbons (Fsp3) is 0.312. The monoisotopic (exact) mass is 704 g/mol. The van der Waals surface area contributed by atoms with E-state index in [0.717, 1.165) is 34.0 Å². The number of primary sulfonamides is 1. The van der Waals surface area contributed by atoms with Crippen LogP contribution in [0.15, 0.2) is 105 Å². The minimum atomic E-state index is -3.97. The zero-order valence-electron chi connectivity index (χ0n) is 27.0. The molecule has 0 aliphatic heterocycles. The second-order valence-electron chi connectivity index (χ2n) is 10.9. The van der Waals surface area contributed by atoms with Crippen LogP contribution in [0.2, 0.25) is 0 Å². The van der Waals surface area contributed by atoms with Gasteiger partial charge in [-0.05, 0) is 61.4 Å². The maximum Gasteiger partial charge on any atom is 0.250 e. The van der Waals surface area contributed by atoms with Crippen LogP contribution in [0.25, 0.3) is 0 Å². The van der Waals surface area contributed by atoms with Crippen molar-refractivity contribution in [2.45, 2.75) is 62.0 Å². The van der Waals surface area contributed by atoms with E-state index >= 15 is 0 Å². The summed E-state index contributed by atoms with van der Waals surface area (Å²) >= 11 is 0. The van der Waals surface area contributed by atoms with E-state index in [2.05, 4.69) is 0 Å². The summed E-state index contributed by atoms with van der Waals surface area (Å²) in [4.78, 5) is 23.2. The molecule has 0 spiro atoms. The van der Waals surface area contributed by atoms with Crippen molar-refractivity contribution >= 4 is 20.0 Å². The van der Waals surface area contributed by atoms with Crippen LogP contribution in [-0.4, -0.2) is 66.9 Å². The Hall–Kier alpha value is -4.32. The summed E-state index contributed by atoms with van der Waals surface area (Å²) < 4.78 is 63.3. The summed E-state index contributed by atoms with van der Waals surface area (Å²) in [6.07, 6.45) is 0.859. The number of methoxy groups -OCH3 is 2. The third-order valence-corrected chi connectivity index (χ3v) is 9.51. The Labute approximate surface area is 279 Å². The van der Waals surface area contributed by atoms with Crippen LogP contribution >= 0.6 is 0 Å². The SMILES string of the molecule is COc1ccc(CN(Cc2ccc(OC)cc2)S(=O)(=O)c2ccc(=O)n(C[C@@H](C)O)c2)cc1.C[C@@H](O)Cn1cc(S(N)(=O)=O)ccc1=O. The second-order valence-corrected chi connectivity index (χ2v) is 14.4. The lowest BCUT2D eigenvalue weighted by Crippen LogP contribution is -2.32. The van der Waals surface area contributed by atoms with Gasteiger partial charge in [0.05, 0.1) is 49.3 Å². The molecule has 0 amide bonds. The topological polar surface area (TPSA) is 200 Å². The molecule has 0 radical (unpaired) electrons. The van der Waals surface area contributed by atoms with Gasteiger partial charge in [0.25, 0.3) is 11.1 Å². The summed E-state index contributed by atoms with van der Waals surface area (Å²) in [5.41, 5.74) is 0.797. The Bertz CT molecular complexity index is 1940. The Morgan fingerprint density at radius 2 is 1.04 bits per heavy atom. The quantitative estimate of drug-likeness (QED) is 0.183. The number of aliphatic hydroxyl groups excluding tert-OH is 2. The number of nitrogens with zero attached hydrogens (tertiary/aromatic N) is 3. The first-order chi connectivity index (χ1) is 22.5. The average Bonchev–Trinajstić information content (AvgIpc) is 3.03. The van der Waals surface area contributed by atoms with Crippen molar-refractivity contribution in [3.8, 4) is 11.5 Å². The molecule has 0 bridgehead atoms. The average molecular weight is 705 g/mol. The molecule has 0 aliphatic carbocycles. The van der Waals surface area contributed by atoms with Gasteiger partial charge < -0.3 is 28.8 Å². The van der Waals surface area contributed by atoms with Crippen molar-refractivity contribution in [1.29, 1.82) is 0 Å². The zero-order chi connectivity index (χ0) is 35.6. The number of sulfonamides is 2. The lowest BCUT2D eigenvalue weighted by atomic mass is 10.2. The van der Waals surface area contributed by atoms with Gasteiger partial charge >= 0.3 is 0 Å². The first-order valence-electron chi connectivity index (χ1n) is 14.6. The van der Waals surface area contributed by atoms with Crippen molar-refractivity contribution in [1.82, 2.24) is 13.4 Å². The number of rotatable bonds is 13. The third kappa shape index (κ3) is 10.9. The molecule has 2 atom stereocenters. The molecule has 0 saturated carbocycles. The maximum absolute atomic E-state index is 13.6. The summed E-state index contributed by atoms with van der Waals surface area (Å²) in [7, 11) is -4.66. The van der Waals surface area contributed by atoms with Gasteiger partial charge in [-0.1, -0.05) is 24.3 Å². The summed E-state index contributed by atoms with van der Waals surface area (Å²) in [5.74, 6) is 1.35. The molecule has 0 aliphatic rings. The standard InChI is InChI=1S/C24H28N2O6S.C8H12N2O4S/c1-18(27)14-25-17-23(12-13-24(25)28)33(29,30)26(15-19-4-8-21(31-2)9-5-19)16-20-6-10-22(32-3)11-7-20;1-6(11)4-10-5-7(15(9,13)14)2-3-8(10)12/h4-13,17-18,27H,14-16H2,1-3H3;2-3,5-6,11H,4H2,1H3,(H2,9,13,14)/t18-;6-/m11/s1. The van der Waals surface area contributed by atoms with Gasteiger partial charge in [-0.25, -0.2) is 22.0 Å². The molecule has 0 saturated heterocycles. The van der Waals surface area contributed by atoms with E-state index in [1.165, 1.54) is 41.0 Å². The van der Waals surface area contributed by atoms with Crippen LogP contribution in [0.3, 0.4) is 0 Å². The second kappa shape index (κ2) is 16.7. The van der Waals surface area contributed by atoms with Gasteiger partial charge in [-0.2, -0.15) is 4.31 Å². The molecular weight excluding hydrogens is 665 g/mol. The molecule has 0 fully saturated rings. The van der Waals surface area contributed by atoms with Crippen LogP contribution in [0.5, 0.6) is 11.5 Å². The molecule has 48 heavy (non-hydrogen) atoms. The molecule has 4 N–H and O–H groups in total. The molecule has 260 valence electrons. The molecule has 16 heteroatoms. The van der Waals surface area contributed by atoms with Crippen molar-refractivity contribution in [3.05, 3.63) is 117 Å². The van der Waals surface area contributed by atoms with Crippen molar-refractivity contribution in [2.24, 2.45) is 5.14 Å². The van der Waals surface area contributed by atoms with Gasteiger partial charge in [-0.3, -0.25) is 9.59 Å². The van der Waals surface area contributed by atoms with Crippen LogP contribution in [-0.2, 0) is 46.2 Å². The number of aromatic nitrogens is 2. The highest BCUT2D eigenvalue weighted by Gasteiger charge is 2.26. The lowest BCUT2D eigenvalue weighted by Gasteiger charge is -2.23. The van der Waals surface area contributed by atoms with Gasteiger partial charge in [0.2, 0.25) is 20.0 Å². The number of ether oxygens (including phenoxy) is 2. The first-order valence-corrected chi connectivity index (χ1v) is 17.6. The molecular formula is C32H40N4O10S2. The molecule has 2 aromatic heterocycles. The minimum Gasteiger partial charge on any atom is -0.497 e. The van der Waals surface area contributed by atoms with Crippen molar-refractivity contribution in [3.63, 3.8) is 0 Å². The molecule has 2 aromatic carbocycles. The largest absolute Gasteiger partial charge is 0.497 e. The number of aliphatic hydroxyl groups is 2. The van der Waals surface area contributed by atoms with E-state index in [0.29, 0.717) is 11.5 Å². The highest BCUT2D eigenvalue weighted by Crippen LogP contribution is 2.23. The Balaban J connectivity index is 0.000000348. The summed E-state index contributed by atoms with van der Waals surface area (Å²) in [6.45, 7) is 3.30. The molecule has 4 aromatic rings. The van der Waals surface area contributed by atoms with Crippen LogP contribution in [0.4, 0.5) is 0 Å². The van der Waals surface area contributed by atoms with Gasteiger partial charge in [-0.15, -0.1) is 0 Å². The molecule has 14 nitrogen and oxygen atoms in total. The zero-order valence-corrected chi connectivity index (χ0v) is 28.6. The van der Waals surface area contributed by atoms with Crippen LogP contribution < -0.4 is 25.7 Å². The van der Waals surface area contributed by atoms with E-state index in [1.807, 2.05) is 24.3 Å². The highest BCUT2D eigenvalue weighted by molar-refractivity contribution is 7.89. The number of hydrogen-bond donors (Lipinski definition) is 3. The molecule has 2 heterocycles. The van der Waals surface area contributed by atoms with Gasteiger partial charge in [0.15, 0.2) is 0 Å². The van der Waals surface area contributed by atoms with E-state index in [9.17, 15) is 31.5 Å². The molecule has 0 unspecified atom stereocenters. The van der Waals surface area contributed by atoms with Gasteiger partial charge in [0, 0.05) is 37.6 Å². The Morgan fingerprint density at radius 3 is 1.40 bits per heavy atom. The first kappa shape index (κ1) is 38.1. The normalized spacial score (nSPS) is 12.9. The van der Waals surface area contributed by atoms with E-state index in [-0.39, 0.29) is 47.1 Å². The van der Waals surface area contributed by atoms with Crippen molar-refractivity contribution in [2.75, 3.05) is 14.2 Å². The van der Waals surface area contributed by atoms with Gasteiger partial charge in [0.1, 0.15) is 11.5 Å². The number of pyridine rings is 2. The Morgan fingerprint density at radius 1 is 0.667 bits per heavy atom. The number of nitrogens with two attached hydrogens (primary N) is 1. The van der Waals surface area contributed by atoms with Crippen LogP contribution in [0.1, 0.15) is 25.0 Å². The number of hydrogen-bond acceptors (Lipinski definition) is 10. The highest BCUT2D eigenvalue weighted by atomic mass is 32.2. The van der Waals surface area contributed by atoms with E-state index in [4.69, 9.17) is 19.7 Å². The Kier molecular flexibility index (Phi) is 13.2. The minimum absolute atomic E-state index is 0.000840. The predicted molar refractivity (Wildman–Crippen MR) is 179 cm³/mol.